The molecule has 2 amide bonds. The highest BCUT2D eigenvalue weighted by Gasteiger charge is 2.19. The van der Waals surface area contributed by atoms with Crippen molar-refractivity contribution in [3.05, 3.63) is 92.8 Å². The fourth-order valence-corrected chi connectivity index (χ4v) is 3.91. The van der Waals surface area contributed by atoms with Crippen molar-refractivity contribution in [2.24, 2.45) is 0 Å². The van der Waals surface area contributed by atoms with E-state index in [1.54, 1.807) is 37.5 Å². The summed E-state index contributed by atoms with van der Waals surface area (Å²) < 4.78 is 5.15. The first kappa shape index (κ1) is 23.3. The van der Waals surface area contributed by atoms with Crippen molar-refractivity contribution in [2.75, 3.05) is 7.11 Å². The number of hydrogen-bond acceptors (Lipinski definition) is 4. The number of nitrogens with one attached hydrogen (secondary N) is 2. The second-order valence-corrected chi connectivity index (χ2v) is 8.51. The molecule has 3 rings (SSSR count). The minimum atomic E-state index is -0.357. The SMILES string of the molecule is CC[C@H](NC(=O)/C(=C/c1cccs1)NC(=O)c1ccc(OC)cc1)c1ccc(C)c(C)c1. The normalized spacial score (nSPS) is 12.2. The van der Waals surface area contributed by atoms with Crippen LogP contribution in [-0.4, -0.2) is 18.9 Å². The molecule has 166 valence electrons. The van der Waals surface area contributed by atoms with Gasteiger partial charge in [-0.15, -0.1) is 11.3 Å². The molecule has 0 aliphatic heterocycles. The molecule has 5 nitrogen and oxygen atoms in total. The van der Waals surface area contributed by atoms with Gasteiger partial charge in [0.25, 0.3) is 11.8 Å². The molecule has 0 aliphatic rings. The van der Waals surface area contributed by atoms with Gasteiger partial charge in [0.1, 0.15) is 11.4 Å². The van der Waals surface area contributed by atoms with Gasteiger partial charge in [0.15, 0.2) is 0 Å². The van der Waals surface area contributed by atoms with E-state index < -0.39 is 0 Å². The first-order valence-corrected chi connectivity index (χ1v) is 11.4. The summed E-state index contributed by atoms with van der Waals surface area (Å²) in [5.74, 6) is -0.0250. The first-order chi connectivity index (χ1) is 15.4. The van der Waals surface area contributed by atoms with Gasteiger partial charge in [-0.05, 0) is 78.7 Å². The topological polar surface area (TPSA) is 67.4 Å². The molecule has 0 aliphatic carbocycles. The third-order valence-electron chi connectivity index (χ3n) is 5.32. The summed E-state index contributed by atoms with van der Waals surface area (Å²) >= 11 is 1.50. The average molecular weight is 449 g/mol. The van der Waals surface area contributed by atoms with Crippen LogP contribution in [0, 0.1) is 13.8 Å². The number of aryl methyl sites for hydroxylation is 2. The predicted molar refractivity (Wildman–Crippen MR) is 130 cm³/mol. The van der Waals surface area contributed by atoms with Gasteiger partial charge in [0, 0.05) is 10.4 Å². The molecular formula is C26H28N2O3S. The van der Waals surface area contributed by atoms with Crippen molar-refractivity contribution >= 4 is 29.2 Å². The van der Waals surface area contributed by atoms with Crippen molar-refractivity contribution in [2.45, 2.75) is 33.2 Å². The molecule has 2 N–H and O–H groups in total. The molecule has 0 saturated carbocycles. The van der Waals surface area contributed by atoms with Crippen LogP contribution in [0.4, 0.5) is 0 Å². The van der Waals surface area contributed by atoms with Gasteiger partial charge >= 0.3 is 0 Å². The summed E-state index contributed by atoms with van der Waals surface area (Å²) in [6, 6.07) is 16.6. The van der Waals surface area contributed by atoms with E-state index in [4.69, 9.17) is 4.74 Å². The largest absolute Gasteiger partial charge is 0.497 e. The number of ether oxygens (including phenoxy) is 1. The smallest absolute Gasteiger partial charge is 0.268 e. The highest BCUT2D eigenvalue weighted by Crippen LogP contribution is 2.21. The van der Waals surface area contributed by atoms with E-state index >= 15 is 0 Å². The maximum atomic E-state index is 13.2. The van der Waals surface area contributed by atoms with Crippen LogP contribution in [-0.2, 0) is 4.79 Å². The lowest BCUT2D eigenvalue weighted by Gasteiger charge is -2.20. The second kappa shape index (κ2) is 10.8. The van der Waals surface area contributed by atoms with Gasteiger partial charge in [0.05, 0.1) is 13.2 Å². The minimum absolute atomic E-state index is 0.161. The summed E-state index contributed by atoms with van der Waals surface area (Å²) in [5, 5.41) is 7.79. The molecular weight excluding hydrogens is 420 g/mol. The number of carbonyl (C=O) groups is 2. The predicted octanol–water partition coefficient (Wildman–Crippen LogP) is 5.41. The van der Waals surface area contributed by atoms with E-state index in [2.05, 4.69) is 36.6 Å². The molecule has 0 saturated heterocycles. The fourth-order valence-electron chi connectivity index (χ4n) is 3.25. The van der Waals surface area contributed by atoms with E-state index in [0.29, 0.717) is 11.3 Å². The number of rotatable bonds is 8. The Hall–Kier alpha value is -3.38. The summed E-state index contributed by atoms with van der Waals surface area (Å²) in [5.41, 5.74) is 4.07. The lowest BCUT2D eigenvalue weighted by Crippen LogP contribution is -2.36. The molecule has 32 heavy (non-hydrogen) atoms. The van der Waals surface area contributed by atoms with Crippen LogP contribution in [0.15, 0.2) is 65.7 Å². The van der Waals surface area contributed by atoms with E-state index in [0.717, 1.165) is 16.9 Å². The van der Waals surface area contributed by atoms with Gasteiger partial charge < -0.3 is 15.4 Å². The van der Waals surface area contributed by atoms with Crippen molar-refractivity contribution < 1.29 is 14.3 Å². The maximum absolute atomic E-state index is 13.2. The molecule has 6 heteroatoms. The number of thiophene rings is 1. The molecule has 1 aromatic heterocycles. The minimum Gasteiger partial charge on any atom is -0.497 e. The monoisotopic (exact) mass is 448 g/mol. The molecule has 0 spiro atoms. The van der Waals surface area contributed by atoms with E-state index in [1.807, 2.05) is 30.5 Å². The Morgan fingerprint density at radius 2 is 1.81 bits per heavy atom. The van der Waals surface area contributed by atoms with Gasteiger partial charge in [0.2, 0.25) is 0 Å². The molecule has 2 aromatic carbocycles. The third kappa shape index (κ3) is 5.86. The Kier molecular flexibility index (Phi) is 7.84. The van der Waals surface area contributed by atoms with Crippen LogP contribution in [0.25, 0.3) is 6.08 Å². The van der Waals surface area contributed by atoms with E-state index in [9.17, 15) is 9.59 Å². The average Bonchev–Trinajstić information content (AvgIpc) is 3.32. The van der Waals surface area contributed by atoms with E-state index in [-0.39, 0.29) is 23.6 Å². The van der Waals surface area contributed by atoms with Crippen molar-refractivity contribution in [3.8, 4) is 5.75 Å². The van der Waals surface area contributed by atoms with Crippen molar-refractivity contribution in [1.29, 1.82) is 0 Å². The number of carbonyl (C=O) groups excluding carboxylic acids is 2. The molecule has 3 aromatic rings. The fraction of sp³-hybridized carbons (Fsp3) is 0.231. The highest BCUT2D eigenvalue weighted by molar-refractivity contribution is 7.10. The number of methoxy groups -OCH3 is 1. The van der Waals surface area contributed by atoms with Crippen molar-refractivity contribution in [1.82, 2.24) is 10.6 Å². The summed E-state index contributed by atoms with van der Waals surface area (Å²) in [4.78, 5) is 26.9. The Labute approximate surface area is 193 Å². The number of benzene rings is 2. The summed E-state index contributed by atoms with van der Waals surface area (Å²) in [6.45, 7) is 6.15. The van der Waals surface area contributed by atoms with Crippen LogP contribution in [0.2, 0.25) is 0 Å². The lowest BCUT2D eigenvalue weighted by atomic mass is 9.99. The first-order valence-electron chi connectivity index (χ1n) is 10.5. The lowest BCUT2D eigenvalue weighted by molar-refractivity contribution is -0.118. The zero-order valence-corrected chi connectivity index (χ0v) is 19.6. The molecule has 0 bridgehead atoms. The van der Waals surface area contributed by atoms with Gasteiger partial charge in [-0.2, -0.15) is 0 Å². The number of amides is 2. The number of hydrogen-bond donors (Lipinski definition) is 2. The zero-order valence-electron chi connectivity index (χ0n) is 18.8. The maximum Gasteiger partial charge on any atom is 0.268 e. The molecule has 1 heterocycles. The standard InChI is InChI=1S/C26H28N2O3S/c1-5-23(20-9-8-17(2)18(3)15-20)27-26(30)24(16-22-7-6-14-32-22)28-25(29)19-10-12-21(31-4)13-11-19/h6-16,23H,5H2,1-4H3,(H,27,30)(H,28,29)/b24-16-/t23-/m0/s1. The van der Waals surface area contributed by atoms with Gasteiger partial charge in [-0.3, -0.25) is 9.59 Å². The van der Waals surface area contributed by atoms with Crippen molar-refractivity contribution in [3.63, 3.8) is 0 Å². The van der Waals surface area contributed by atoms with Crippen LogP contribution in [0.1, 0.15) is 51.3 Å². The Morgan fingerprint density at radius 3 is 2.41 bits per heavy atom. The van der Waals surface area contributed by atoms with Gasteiger partial charge in [-0.1, -0.05) is 31.2 Å². The molecule has 0 radical (unpaired) electrons. The van der Waals surface area contributed by atoms with E-state index in [1.165, 1.54) is 22.5 Å². The summed E-state index contributed by atoms with van der Waals surface area (Å²) in [7, 11) is 1.57. The molecule has 1 atom stereocenters. The van der Waals surface area contributed by atoms with Gasteiger partial charge in [-0.25, -0.2) is 0 Å². The van der Waals surface area contributed by atoms with Crippen LogP contribution in [0.3, 0.4) is 0 Å². The quantitative estimate of drug-likeness (QED) is 0.453. The van der Waals surface area contributed by atoms with Crippen LogP contribution < -0.4 is 15.4 Å². The Morgan fingerprint density at radius 1 is 1.06 bits per heavy atom. The second-order valence-electron chi connectivity index (χ2n) is 7.53. The zero-order chi connectivity index (χ0) is 23.1. The summed E-state index contributed by atoms with van der Waals surface area (Å²) in [6.07, 6.45) is 2.43. The highest BCUT2D eigenvalue weighted by atomic mass is 32.1. The van der Waals surface area contributed by atoms with Crippen LogP contribution in [0.5, 0.6) is 5.75 Å². The Bertz CT molecular complexity index is 1100. The van der Waals surface area contributed by atoms with Crippen LogP contribution >= 0.6 is 11.3 Å². The molecule has 0 fully saturated rings. The Balaban J connectivity index is 1.83. The third-order valence-corrected chi connectivity index (χ3v) is 6.14. The molecule has 0 unspecified atom stereocenters.